The van der Waals surface area contributed by atoms with Crippen LogP contribution in [-0.2, 0) is 0 Å². The first-order valence-electron chi connectivity index (χ1n) is 7.02. The van der Waals surface area contributed by atoms with Crippen LogP contribution < -0.4 is 5.32 Å². The van der Waals surface area contributed by atoms with E-state index < -0.39 is 0 Å². The quantitative estimate of drug-likeness (QED) is 0.750. The van der Waals surface area contributed by atoms with Gasteiger partial charge < -0.3 is 10.2 Å². The monoisotopic (exact) mass is 240 g/mol. The van der Waals surface area contributed by atoms with E-state index in [1.54, 1.807) is 11.1 Å². The molecule has 1 N–H and O–H groups in total. The van der Waals surface area contributed by atoms with Crippen molar-refractivity contribution < 1.29 is 0 Å². The van der Waals surface area contributed by atoms with E-state index in [0.29, 0.717) is 6.04 Å². The number of para-hydroxylation sites is 1. The van der Waals surface area contributed by atoms with Crippen LogP contribution in [-0.4, -0.2) is 31.1 Å². The molecule has 0 spiro atoms. The van der Waals surface area contributed by atoms with Gasteiger partial charge in [0.15, 0.2) is 0 Å². The third-order valence-electron chi connectivity index (χ3n) is 4.84. The van der Waals surface area contributed by atoms with Crippen molar-refractivity contribution in [2.45, 2.75) is 25.8 Å². The fourth-order valence-corrected chi connectivity index (χ4v) is 4.04. The summed E-state index contributed by atoms with van der Waals surface area (Å²) in [5, 5.41) is 3.76. The summed E-state index contributed by atoms with van der Waals surface area (Å²) in [5.41, 5.74) is 7.60. The molecule has 2 nitrogen and oxygen atoms in total. The first-order chi connectivity index (χ1) is 8.74. The second kappa shape index (κ2) is 3.61. The largest absolute Gasteiger partial charge is 0.378 e. The highest BCUT2D eigenvalue weighted by Gasteiger charge is 2.39. The number of likely N-dealkylation sites (N-methyl/N-ethyl adjacent to an activating group) is 1. The van der Waals surface area contributed by atoms with Crippen LogP contribution >= 0.6 is 0 Å². The van der Waals surface area contributed by atoms with E-state index in [-0.39, 0.29) is 0 Å². The molecule has 4 rings (SSSR count). The number of benzene rings is 1. The molecule has 2 aliphatic heterocycles. The number of nitrogens with zero attached hydrogens (tertiary/aromatic N) is 1. The van der Waals surface area contributed by atoms with Gasteiger partial charge in [-0.05, 0) is 49.4 Å². The van der Waals surface area contributed by atoms with Crippen molar-refractivity contribution in [3.8, 4) is 0 Å². The molecular formula is C16H20N2. The molecule has 1 aromatic rings. The predicted molar refractivity (Wildman–Crippen MR) is 75.7 cm³/mol. The lowest BCUT2D eigenvalue weighted by Gasteiger charge is -2.26. The standard InChI is InChI=1S/C16H20N2/c1-10-4-3-5-12-15-13-9-18(2)8-11(13)6-7-14(15)17-16(10)12/h3-5,11,14,17H,6-9H2,1-2H3. The third-order valence-corrected chi connectivity index (χ3v) is 4.84. The molecule has 2 unspecified atom stereocenters. The van der Waals surface area contributed by atoms with Crippen molar-refractivity contribution in [3.63, 3.8) is 0 Å². The maximum atomic E-state index is 3.76. The number of aryl methyl sites for hydroxylation is 1. The SMILES string of the molecule is Cc1cccc2c1NC1CCC3CN(C)CC3=C21. The van der Waals surface area contributed by atoms with Gasteiger partial charge in [0.2, 0.25) is 0 Å². The number of likely N-dealkylation sites (tertiary alicyclic amines) is 1. The average Bonchev–Trinajstić information content (AvgIpc) is 2.88. The number of fused-ring (bicyclic) bond motifs is 4. The van der Waals surface area contributed by atoms with E-state index in [9.17, 15) is 0 Å². The minimum atomic E-state index is 0.582. The van der Waals surface area contributed by atoms with Gasteiger partial charge in [0, 0.05) is 24.3 Å². The second-order valence-electron chi connectivity index (χ2n) is 6.10. The van der Waals surface area contributed by atoms with Crippen molar-refractivity contribution in [3.05, 3.63) is 34.9 Å². The topological polar surface area (TPSA) is 15.3 Å². The Balaban J connectivity index is 1.91. The minimum absolute atomic E-state index is 0.582. The Labute approximate surface area is 109 Å². The summed E-state index contributed by atoms with van der Waals surface area (Å²) in [6.45, 7) is 4.64. The molecule has 18 heavy (non-hydrogen) atoms. The Bertz CT molecular complexity index is 544. The fourth-order valence-electron chi connectivity index (χ4n) is 4.04. The van der Waals surface area contributed by atoms with Crippen LogP contribution in [0.5, 0.6) is 0 Å². The van der Waals surface area contributed by atoms with Gasteiger partial charge in [0.05, 0.1) is 6.04 Å². The molecule has 94 valence electrons. The highest BCUT2D eigenvalue weighted by Crippen LogP contribution is 2.47. The molecule has 0 saturated carbocycles. The van der Waals surface area contributed by atoms with E-state index >= 15 is 0 Å². The van der Waals surface area contributed by atoms with E-state index in [2.05, 4.69) is 42.4 Å². The van der Waals surface area contributed by atoms with Gasteiger partial charge in [-0.1, -0.05) is 18.2 Å². The van der Waals surface area contributed by atoms with Crippen molar-refractivity contribution >= 4 is 11.3 Å². The molecule has 1 aliphatic carbocycles. The van der Waals surface area contributed by atoms with Gasteiger partial charge in [0.1, 0.15) is 0 Å². The highest BCUT2D eigenvalue weighted by atomic mass is 15.1. The van der Waals surface area contributed by atoms with Gasteiger partial charge in [-0.2, -0.15) is 0 Å². The zero-order valence-corrected chi connectivity index (χ0v) is 11.2. The van der Waals surface area contributed by atoms with E-state index in [4.69, 9.17) is 0 Å². The summed E-state index contributed by atoms with van der Waals surface area (Å²) in [7, 11) is 2.25. The Morgan fingerprint density at radius 2 is 2.17 bits per heavy atom. The highest BCUT2D eigenvalue weighted by molar-refractivity contribution is 5.90. The number of anilines is 1. The van der Waals surface area contributed by atoms with Gasteiger partial charge in [-0.15, -0.1) is 0 Å². The van der Waals surface area contributed by atoms with Crippen molar-refractivity contribution in [1.29, 1.82) is 0 Å². The smallest absolute Gasteiger partial charge is 0.0521 e. The lowest BCUT2D eigenvalue weighted by atomic mass is 9.80. The van der Waals surface area contributed by atoms with Crippen LogP contribution in [0.25, 0.3) is 5.57 Å². The van der Waals surface area contributed by atoms with Crippen LogP contribution in [0.4, 0.5) is 5.69 Å². The third kappa shape index (κ3) is 1.33. The molecule has 1 saturated heterocycles. The average molecular weight is 240 g/mol. The summed E-state index contributed by atoms with van der Waals surface area (Å²) in [6.07, 6.45) is 2.65. The summed E-state index contributed by atoms with van der Waals surface area (Å²) in [6, 6.07) is 7.30. The maximum Gasteiger partial charge on any atom is 0.0521 e. The summed E-state index contributed by atoms with van der Waals surface area (Å²) in [4.78, 5) is 2.48. The number of nitrogens with one attached hydrogen (secondary N) is 1. The zero-order valence-electron chi connectivity index (χ0n) is 11.2. The number of hydrogen-bond acceptors (Lipinski definition) is 2. The molecule has 2 atom stereocenters. The Morgan fingerprint density at radius 1 is 1.28 bits per heavy atom. The summed E-state index contributed by atoms with van der Waals surface area (Å²) < 4.78 is 0. The molecule has 0 aromatic heterocycles. The Kier molecular flexibility index (Phi) is 2.13. The minimum Gasteiger partial charge on any atom is -0.378 e. The van der Waals surface area contributed by atoms with E-state index in [0.717, 1.165) is 5.92 Å². The number of hydrogen-bond donors (Lipinski definition) is 1. The second-order valence-corrected chi connectivity index (χ2v) is 6.10. The lowest BCUT2D eigenvalue weighted by Crippen LogP contribution is -2.23. The molecule has 0 amide bonds. The molecule has 1 fully saturated rings. The van der Waals surface area contributed by atoms with Gasteiger partial charge in [0.25, 0.3) is 0 Å². The fraction of sp³-hybridized carbons (Fsp3) is 0.500. The first-order valence-corrected chi connectivity index (χ1v) is 7.02. The van der Waals surface area contributed by atoms with Crippen molar-refractivity contribution in [2.75, 3.05) is 25.5 Å². The van der Waals surface area contributed by atoms with E-state index in [1.807, 2.05) is 0 Å². The van der Waals surface area contributed by atoms with Crippen molar-refractivity contribution in [2.24, 2.45) is 5.92 Å². The van der Waals surface area contributed by atoms with Gasteiger partial charge in [-0.3, -0.25) is 0 Å². The Hall–Kier alpha value is -1.28. The van der Waals surface area contributed by atoms with Crippen LogP contribution in [0.15, 0.2) is 23.8 Å². The van der Waals surface area contributed by atoms with Gasteiger partial charge in [-0.25, -0.2) is 0 Å². The molecule has 3 aliphatic rings. The van der Waals surface area contributed by atoms with Crippen LogP contribution in [0.3, 0.4) is 0 Å². The molecule has 2 heterocycles. The number of rotatable bonds is 0. The zero-order chi connectivity index (χ0) is 12.3. The molecule has 0 bridgehead atoms. The Morgan fingerprint density at radius 3 is 3.06 bits per heavy atom. The summed E-state index contributed by atoms with van der Waals surface area (Å²) >= 11 is 0. The summed E-state index contributed by atoms with van der Waals surface area (Å²) in [5.74, 6) is 0.814. The first kappa shape index (κ1) is 10.6. The lowest BCUT2D eigenvalue weighted by molar-refractivity contribution is 0.384. The maximum absolute atomic E-state index is 3.76. The molecule has 0 radical (unpaired) electrons. The van der Waals surface area contributed by atoms with E-state index in [1.165, 1.54) is 42.7 Å². The predicted octanol–water partition coefficient (Wildman–Crippen LogP) is 2.90. The normalized spacial score (nSPS) is 29.9. The van der Waals surface area contributed by atoms with Crippen LogP contribution in [0, 0.1) is 12.8 Å². The van der Waals surface area contributed by atoms with Crippen LogP contribution in [0.1, 0.15) is 24.0 Å². The molecule has 1 aromatic carbocycles. The molecule has 2 heteroatoms. The van der Waals surface area contributed by atoms with Crippen molar-refractivity contribution in [1.82, 2.24) is 4.90 Å². The molecular weight excluding hydrogens is 220 g/mol. The van der Waals surface area contributed by atoms with Crippen LogP contribution in [0.2, 0.25) is 0 Å². The van der Waals surface area contributed by atoms with Gasteiger partial charge >= 0.3 is 0 Å².